The van der Waals surface area contributed by atoms with E-state index in [2.05, 4.69) is 15.2 Å². The van der Waals surface area contributed by atoms with Gasteiger partial charge >= 0.3 is 0 Å². The highest BCUT2D eigenvalue weighted by Crippen LogP contribution is 2.42. The molecule has 1 aliphatic carbocycles. The Bertz CT molecular complexity index is 1190. The number of H-pyrrole nitrogens is 2. The van der Waals surface area contributed by atoms with Crippen LogP contribution in [-0.4, -0.2) is 69.6 Å². The number of carbonyl (C=O) groups excluding carboxylic acids is 2. The van der Waals surface area contributed by atoms with E-state index in [9.17, 15) is 14.0 Å². The van der Waals surface area contributed by atoms with E-state index in [1.165, 1.54) is 12.1 Å². The number of likely N-dealkylation sites (N-methyl/N-ethyl adjacent to an activating group) is 1. The normalized spacial score (nSPS) is 16.8. The summed E-state index contributed by atoms with van der Waals surface area (Å²) in [6.45, 7) is 1.23. The Balaban J connectivity index is 1.38. The van der Waals surface area contributed by atoms with Crippen molar-refractivity contribution in [3.63, 3.8) is 0 Å². The fourth-order valence-electron chi connectivity index (χ4n) is 4.42. The number of nitrogens with one attached hydrogen (secondary N) is 2. The summed E-state index contributed by atoms with van der Waals surface area (Å²) in [5, 5.41) is 7.81. The lowest BCUT2D eigenvalue weighted by molar-refractivity contribution is 0.0541. The van der Waals surface area contributed by atoms with Crippen molar-refractivity contribution in [2.75, 3.05) is 27.3 Å². The minimum absolute atomic E-state index is 0.00598. The number of aromatic amines is 2. The summed E-state index contributed by atoms with van der Waals surface area (Å²) in [6, 6.07) is 4.38. The van der Waals surface area contributed by atoms with Crippen LogP contribution in [0, 0.1) is 5.82 Å². The fourth-order valence-corrected chi connectivity index (χ4v) is 4.58. The van der Waals surface area contributed by atoms with Crippen molar-refractivity contribution >= 4 is 34.3 Å². The molecule has 0 saturated heterocycles. The largest absolute Gasteiger partial charge is 0.382 e. The van der Waals surface area contributed by atoms with Crippen LogP contribution in [-0.2, 0) is 17.7 Å². The van der Waals surface area contributed by atoms with Crippen LogP contribution < -0.4 is 0 Å². The second-order valence-corrected chi connectivity index (χ2v) is 8.97. The molecule has 2 amide bonds. The van der Waals surface area contributed by atoms with Gasteiger partial charge in [-0.25, -0.2) is 4.39 Å². The summed E-state index contributed by atoms with van der Waals surface area (Å²) in [7, 11) is 3.40. The van der Waals surface area contributed by atoms with Crippen molar-refractivity contribution < 1.29 is 18.7 Å². The molecule has 1 aliphatic heterocycles. The number of hydrogen-bond donors (Lipinski definition) is 2. The monoisotopic (exact) mass is 459 g/mol. The second kappa shape index (κ2) is 7.60. The van der Waals surface area contributed by atoms with Gasteiger partial charge in [-0.1, -0.05) is 11.6 Å². The van der Waals surface area contributed by atoms with Gasteiger partial charge in [-0.15, -0.1) is 0 Å². The van der Waals surface area contributed by atoms with Gasteiger partial charge in [-0.2, -0.15) is 5.10 Å². The first-order valence-corrected chi connectivity index (χ1v) is 10.8. The molecule has 10 heteroatoms. The van der Waals surface area contributed by atoms with Crippen molar-refractivity contribution in [2.45, 2.75) is 31.3 Å². The molecule has 1 saturated carbocycles. The molecule has 8 nitrogen and oxygen atoms in total. The van der Waals surface area contributed by atoms with Gasteiger partial charge < -0.3 is 19.5 Å². The highest BCUT2D eigenvalue weighted by atomic mass is 35.5. The molecule has 32 heavy (non-hydrogen) atoms. The zero-order chi connectivity index (χ0) is 22.6. The standard InChI is InChI=1S/C22H23ClFN5O3/c1-28(22(4-5-22)11-32-2)21(31)19-13-10-29(6-3-16(13)26-27-19)20(30)18-8-12-7-15(24)14(23)9-17(12)25-18/h7-9,25H,3-6,10-11H2,1-2H3,(H,26,27). The number of nitrogens with zero attached hydrogens (tertiary/aromatic N) is 3. The van der Waals surface area contributed by atoms with Gasteiger partial charge in [0.25, 0.3) is 11.8 Å². The lowest BCUT2D eigenvalue weighted by atomic mass is 10.0. The zero-order valence-corrected chi connectivity index (χ0v) is 18.6. The second-order valence-electron chi connectivity index (χ2n) is 8.56. The van der Waals surface area contributed by atoms with Crippen LogP contribution in [0.3, 0.4) is 0 Å². The first kappa shape index (κ1) is 21.0. The lowest BCUT2D eigenvalue weighted by Gasteiger charge is -2.29. The minimum atomic E-state index is -0.535. The van der Waals surface area contributed by atoms with E-state index >= 15 is 0 Å². The van der Waals surface area contributed by atoms with Gasteiger partial charge in [-0.05, 0) is 31.0 Å². The van der Waals surface area contributed by atoms with Crippen LogP contribution in [0.1, 0.15) is 45.1 Å². The van der Waals surface area contributed by atoms with Gasteiger partial charge in [0.15, 0.2) is 5.69 Å². The molecule has 0 atom stereocenters. The Hall–Kier alpha value is -2.91. The highest BCUT2D eigenvalue weighted by Gasteiger charge is 2.49. The van der Waals surface area contributed by atoms with Crippen molar-refractivity contribution in [3.8, 4) is 0 Å². The molecule has 1 aromatic carbocycles. The molecule has 2 N–H and O–H groups in total. The lowest BCUT2D eigenvalue weighted by Crippen LogP contribution is -2.43. The molecule has 3 aromatic rings. The van der Waals surface area contributed by atoms with Crippen molar-refractivity contribution in [3.05, 3.63) is 51.7 Å². The summed E-state index contributed by atoms with van der Waals surface area (Å²) >= 11 is 5.85. The van der Waals surface area contributed by atoms with E-state index in [1.807, 2.05) is 0 Å². The Kier molecular flexibility index (Phi) is 4.98. The van der Waals surface area contributed by atoms with E-state index in [0.717, 1.165) is 24.1 Å². The Morgan fingerprint density at radius 2 is 2.12 bits per heavy atom. The first-order chi connectivity index (χ1) is 15.3. The summed E-state index contributed by atoms with van der Waals surface area (Å²) in [5.41, 5.74) is 2.60. The summed E-state index contributed by atoms with van der Waals surface area (Å²) in [5.74, 6) is -0.941. The Morgan fingerprint density at radius 3 is 2.84 bits per heavy atom. The number of fused-ring (bicyclic) bond motifs is 2. The maximum atomic E-state index is 13.8. The number of hydrogen-bond acceptors (Lipinski definition) is 4. The number of amides is 2. The topological polar surface area (TPSA) is 94.3 Å². The Labute approximate surface area is 188 Å². The number of methoxy groups -OCH3 is 1. The maximum Gasteiger partial charge on any atom is 0.274 e. The van der Waals surface area contributed by atoms with E-state index in [-0.39, 0.29) is 28.9 Å². The third kappa shape index (κ3) is 3.36. The number of ether oxygens (including phenoxy) is 1. The van der Waals surface area contributed by atoms with Gasteiger partial charge in [0, 0.05) is 49.3 Å². The zero-order valence-electron chi connectivity index (χ0n) is 17.8. The number of halogens is 2. The van der Waals surface area contributed by atoms with Crippen LogP contribution in [0.2, 0.25) is 5.02 Å². The molecule has 168 valence electrons. The fraction of sp³-hybridized carbons (Fsp3) is 0.409. The van der Waals surface area contributed by atoms with Crippen LogP contribution in [0.4, 0.5) is 4.39 Å². The molecular formula is C22H23ClFN5O3. The highest BCUT2D eigenvalue weighted by molar-refractivity contribution is 6.31. The molecule has 2 aliphatic rings. The molecule has 0 spiro atoms. The van der Waals surface area contributed by atoms with Crippen LogP contribution in [0.25, 0.3) is 10.9 Å². The Morgan fingerprint density at radius 1 is 1.34 bits per heavy atom. The molecular weight excluding hydrogens is 437 g/mol. The molecule has 0 unspecified atom stereocenters. The van der Waals surface area contributed by atoms with Crippen LogP contribution in [0.15, 0.2) is 18.2 Å². The van der Waals surface area contributed by atoms with Gasteiger partial charge in [0.2, 0.25) is 0 Å². The van der Waals surface area contributed by atoms with Crippen molar-refractivity contribution in [1.29, 1.82) is 0 Å². The van der Waals surface area contributed by atoms with E-state index in [4.69, 9.17) is 16.3 Å². The van der Waals surface area contributed by atoms with Gasteiger partial charge in [0.1, 0.15) is 11.5 Å². The maximum absolute atomic E-state index is 13.8. The van der Waals surface area contributed by atoms with E-state index < -0.39 is 5.82 Å². The summed E-state index contributed by atoms with van der Waals surface area (Å²) < 4.78 is 19.1. The molecule has 2 aromatic heterocycles. The number of rotatable bonds is 5. The number of carbonyl (C=O) groups is 2. The minimum Gasteiger partial charge on any atom is -0.382 e. The SMILES string of the molecule is COCC1(N(C)C(=O)c2n[nH]c3c2CN(C(=O)c2cc4cc(F)c(Cl)cc4[nH]2)CC3)CC1. The van der Waals surface area contributed by atoms with Crippen LogP contribution in [0.5, 0.6) is 0 Å². The molecule has 0 radical (unpaired) electrons. The van der Waals surface area contributed by atoms with Gasteiger partial charge in [-0.3, -0.25) is 14.7 Å². The van der Waals surface area contributed by atoms with E-state index in [0.29, 0.717) is 41.9 Å². The predicted octanol–water partition coefficient (Wildman–Crippen LogP) is 3.13. The smallest absolute Gasteiger partial charge is 0.274 e. The molecule has 1 fully saturated rings. The molecule has 3 heterocycles. The molecule has 5 rings (SSSR count). The summed E-state index contributed by atoms with van der Waals surface area (Å²) in [6.07, 6.45) is 2.35. The third-order valence-corrected chi connectivity index (χ3v) is 6.86. The van der Waals surface area contributed by atoms with Crippen molar-refractivity contribution in [2.24, 2.45) is 0 Å². The molecule has 0 bridgehead atoms. The number of benzene rings is 1. The average molecular weight is 460 g/mol. The number of aromatic nitrogens is 3. The van der Waals surface area contributed by atoms with Crippen LogP contribution >= 0.6 is 11.6 Å². The van der Waals surface area contributed by atoms with Crippen molar-refractivity contribution in [1.82, 2.24) is 25.0 Å². The summed E-state index contributed by atoms with van der Waals surface area (Å²) in [4.78, 5) is 32.8. The van der Waals surface area contributed by atoms with Gasteiger partial charge in [0.05, 0.1) is 23.7 Å². The first-order valence-electron chi connectivity index (χ1n) is 10.4. The average Bonchev–Trinajstić information content (AvgIpc) is 3.26. The third-order valence-electron chi connectivity index (χ3n) is 6.57. The van der Waals surface area contributed by atoms with E-state index in [1.54, 1.807) is 30.0 Å². The quantitative estimate of drug-likeness (QED) is 0.613. The predicted molar refractivity (Wildman–Crippen MR) is 116 cm³/mol.